The number of amides is 1. The fourth-order valence-electron chi connectivity index (χ4n) is 3.38. The minimum Gasteiger partial charge on any atom is -0.508 e. The zero-order valence-corrected chi connectivity index (χ0v) is 19.9. The summed E-state index contributed by atoms with van der Waals surface area (Å²) in [7, 11) is 0. The molecular formula is C24H24BrNO5S. The number of hydrogen-bond acceptors (Lipinski definition) is 6. The number of ether oxygens (including phenoxy) is 2. The van der Waals surface area contributed by atoms with Gasteiger partial charge in [-0.3, -0.25) is 10.1 Å². The molecule has 0 spiro atoms. The molecule has 1 amide bonds. The molecule has 0 unspecified atom stereocenters. The Morgan fingerprint density at radius 3 is 2.66 bits per heavy atom. The first kappa shape index (κ1) is 23.9. The summed E-state index contributed by atoms with van der Waals surface area (Å²) in [5, 5.41) is 15.1. The van der Waals surface area contributed by atoms with Crippen molar-refractivity contribution in [2.75, 3.05) is 17.7 Å². The molecule has 0 saturated heterocycles. The number of thiol groups is 1. The monoisotopic (exact) mass is 517 g/mol. The Bertz CT molecular complexity index is 1100. The van der Waals surface area contributed by atoms with E-state index in [9.17, 15) is 14.7 Å². The van der Waals surface area contributed by atoms with E-state index in [1.165, 1.54) is 6.07 Å². The third-order valence-electron chi connectivity index (χ3n) is 5.04. The van der Waals surface area contributed by atoms with Gasteiger partial charge < -0.3 is 14.6 Å². The van der Waals surface area contributed by atoms with Crippen LogP contribution in [0.4, 0.5) is 10.5 Å². The van der Waals surface area contributed by atoms with Crippen molar-refractivity contribution >= 4 is 57.1 Å². The second kappa shape index (κ2) is 11.2. The predicted molar refractivity (Wildman–Crippen MR) is 131 cm³/mol. The fourth-order valence-corrected chi connectivity index (χ4v) is 3.85. The topological polar surface area (TPSA) is 84.9 Å². The molecule has 2 N–H and O–H groups in total. The highest BCUT2D eigenvalue weighted by Crippen LogP contribution is 2.36. The molecule has 0 bridgehead atoms. The van der Waals surface area contributed by atoms with Gasteiger partial charge in [0.1, 0.15) is 11.9 Å². The van der Waals surface area contributed by atoms with Crippen LogP contribution in [0.15, 0.2) is 65.1 Å². The molecule has 32 heavy (non-hydrogen) atoms. The van der Waals surface area contributed by atoms with Gasteiger partial charge in [-0.2, -0.15) is 12.6 Å². The fraction of sp³-hybridized carbons (Fsp3) is 0.250. The molecule has 3 aromatic rings. The van der Waals surface area contributed by atoms with Crippen LogP contribution in [0.5, 0.6) is 5.75 Å². The molecule has 3 rings (SSSR count). The average molecular weight is 518 g/mol. The van der Waals surface area contributed by atoms with Gasteiger partial charge in [0.05, 0.1) is 18.0 Å². The summed E-state index contributed by atoms with van der Waals surface area (Å²) in [5.74, 6) is -0.665. The van der Waals surface area contributed by atoms with Gasteiger partial charge in [0.2, 0.25) is 0 Å². The van der Waals surface area contributed by atoms with Gasteiger partial charge in [0, 0.05) is 21.3 Å². The molecule has 0 aliphatic carbocycles. The molecule has 0 aliphatic rings. The van der Waals surface area contributed by atoms with Crippen LogP contribution < -0.4 is 5.32 Å². The standard InChI is InChI=1S/C24H24BrNO5S/c1-15(11-12-30-22(28)14-32)23(19-13-17(25)9-10-21(19)27)31-24(29)26-20-8-4-6-16-5-2-3-7-18(16)20/h2-10,13,15,23,27,32H,11-12,14H2,1H3,(H,26,29)/t15-,23-/m0/s1. The maximum Gasteiger partial charge on any atom is 0.412 e. The molecular weight excluding hydrogens is 494 g/mol. The highest BCUT2D eigenvalue weighted by molar-refractivity contribution is 9.10. The number of rotatable bonds is 8. The number of anilines is 1. The minimum atomic E-state index is -0.767. The summed E-state index contributed by atoms with van der Waals surface area (Å²) in [6.45, 7) is 2.02. The molecule has 168 valence electrons. The van der Waals surface area contributed by atoms with E-state index in [4.69, 9.17) is 9.47 Å². The van der Waals surface area contributed by atoms with Crippen molar-refractivity contribution < 1.29 is 24.2 Å². The zero-order chi connectivity index (χ0) is 23.1. The lowest BCUT2D eigenvalue weighted by atomic mass is 9.94. The van der Waals surface area contributed by atoms with Crippen LogP contribution >= 0.6 is 28.6 Å². The first-order chi connectivity index (χ1) is 15.4. The molecule has 0 radical (unpaired) electrons. The number of carbonyl (C=O) groups excluding carboxylic acids is 2. The minimum absolute atomic E-state index is 0.00579. The van der Waals surface area contributed by atoms with Crippen molar-refractivity contribution in [2.24, 2.45) is 5.92 Å². The number of phenolic OH excluding ortho intramolecular Hbond substituents is 1. The average Bonchev–Trinajstić information content (AvgIpc) is 2.79. The van der Waals surface area contributed by atoms with E-state index in [1.807, 2.05) is 43.3 Å². The third-order valence-corrected chi connectivity index (χ3v) is 5.79. The van der Waals surface area contributed by atoms with E-state index < -0.39 is 18.2 Å². The number of esters is 1. The number of fused-ring (bicyclic) bond motifs is 1. The van der Waals surface area contributed by atoms with Gasteiger partial charge in [-0.1, -0.05) is 59.3 Å². The summed E-state index contributed by atoms with van der Waals surface area (Å²) in [4.78, 5) is 24.2. The maximum atomic E-state index is 12.8. The molecule has 3 aromatic carbocycles. The Morgan fingerprint density at radius 1 is 1.12 bits per heavy atom. The molecule has 0 heterocycles. The number of carbonyl (C=O) groups is 2. The number of phenols is 1. The molecule has 0 aliphatic heterocycles. The largest absolute Gasteiger partial charge is 0.508 e. The zero-order valence-electron chi connectivity index (χ0n) is 17.5. The van der Waals surface area contributed by atoms with E-state index in [2.05, 4.69) is 33.9 Å². The van der Waals surface area contributed by atoms with Gasteiger partial charge in [-0.25, -0.2) is 4.79 Å². The molecule has 2 atom stereocenters. The summed E-state index contributed by atoms with van der Waals surface area (Å²) in [5.41, 5.74) is 1.08. The van der Waals surface area contributed by atoms with Crippen LogP contribution in [-0.4, -0.2) is 29.5 Å². The Balaban J connectivity index is 1.80. The lowest BCUT2D eigenvalue weighted by Crippen LogP contribution is -2.23. The quantitative estimate of drug-likeness (QED) is 0.248. The summed E-state index contributed by atoms with van der Waals surface area (Å²) >= 11 is 7.29. The van der Waals surface area contributed by atoms with E-state index >= 15 is 0 Å². The van der Waals surface area contributed by atoms with Crippen molar-refractivity contribution in [2.45, 2.75) is 19.4 Å². The lowest BCUT2D eigenvalue weighted by Gasteiger charge is -2.25. The van der Waals surface area contributed by atoms with Crippen LogP contribution in [0.1, 0.15) is 25.0 Å². The smallest absolute Gasteiger partial charge is 0.412 e. The summed E-state index contributed by atoms with van der Waals surface area (Å²) < 4.78 is 11.6. The Hall–Kier alpha value is -2.71. The summed E-state index contributed by atoms with van der Waals surface area (Å²) in [6, 6.07) is 18.3. The van der Waals surface area contributed by atoms with Crippen molar-refractivity contribution in [3.63, 3.8) is 0 Å². The number of nitrogens with one attached hydrogen (secondary N) is 1. The van der Waals surface area contributed by atoms with Crippen molar-refractivity contribution in [3.8, 4) is 5.75 Å². The summed E-state index contributed by atoms with van der Waals surface area (Å²) in [6.07, 6.45) is -0.986. The van der Waals surface area contributed by atoms with Gasteiger partial charge in [0.25, 0.3) is 0 Å². The van der Waals surface area contributed by atoms with E-state index in [0.717, 1.165) is 15.2 Å². The van der Waals surface area contributed by atoms with Crippen LogP contribution in [0.3, 0.4) is 0 Å². The molecule has 6 nitrogen and oxygen atoms in total. The van der Waals surface area contributed by atoms with Gasteiger partial charge in [-0.15, -0.1) is 0 Å². The number of benzene rings is 3. The van der Waals surface area contributed by atoms with Crippen molar-refractivity contribution in [1.82, 2.24) is 0 Å². The van der Waals surface area contributed by atoms with Crippen molar-refractivity contribution in [3.05, 3.63) is 70.7 Å². The van der Waals surface area contributed by atoms with Crippen LogP contribution in [0.2, 0.25) is 0 Å². The molecule has 8 heteroatoms. The van der Waals surface area contributed by atoms with Crippen LogP contribution in [0, 0.1) is 5.92 Å². The second-order valence-corrected chi connectivity index (χ2v) is 8.56. The number of aromatic hydroxyl groups is 1. The van der Waals surface area contributed by atoms with Gasteiger partial charge in [0.15, 0.2) is 0 Å². The third kappa shape index (κ3) is 6.17. The van der Waals surface area contributed by atoms with Crippen LogP contribution in [-0.2, 0) is 14.3 Å². The molecule has 0 saturated carbocycles. The maximum absolute atomic E-state index is 12.8. The highest BCUT2D eigenvalue weighted by atomic mass is 79.9. The normalized spacial score (nSPS) is 12.7. The van der Waals surface area contributed by atoms with Gasteiger partial charge >= 0.3 is 12.1 Å². The second-order valence-electron chi connectivity index (χ2n) is 7.33. The number of hydrogen-bond donors (Lipinski definition) is 3. The van der Waals surface area contributed by atoms with E-state index in [0.29, 0.717) is 17.7 Å². The highest BCUT2D eigenvalue weighted by Gasteiger charge is 2.27. The Labute approximate surface area is 200 Å². The molecule has 0 aromatic heterocycles. The van der Waals surface area contributed by atoms with E-state index in [-0.39, 0.29) is 24.0 Å². The van der Waals surface area contributed by atoms with Crippen LogP contribution in [0.25, 0.3) is 10.8 Å². The Morgan fingerprint density at radius 2 is 1.88 bits per heavy atom. The SMILES string of the molecule is C[C@@H](CCOC(=O)CS)[C@H](OC(=O)Nc1cccc2ccccc12)c1cc(Br)ccc1O. The first-order valence-electron chi connectivity index (χ1n) is 10.1. The van der Waals surface area contributed by atoms with Gasteiger partial charge in [-0.05, 0) is 36.1 Å². The predicted octanol–water partition coefficient (Wildman–Crippen LogP) is 6.10. The first-order valence-corrected chi connectivity index (χ1v) is 11.5. The molecule has 0 fully saturated rings. The van der Waals surface area contributed by atoms with E-state index in [1.54, 1.807) is 18.2 Å². The number of halogens is 1. The lowest BCUT2D eigenvalue weighted by molar-refractivity contribution is -0.141. The van der Waals surface area contributed by atoms with Crippen molar-refractivity contribution in [1.29, 1.82) is 0 Å². The Kier molecular flexibility index (Phi) is 8.41.